The SMILES string of the molecule is COC(=O)c1ccc(C)c(N=Cc2ccc3c(ccn3Cc3cccc(F)c3)c2)c1. The van der Waals surface area contributed by atoms with Crippen LogP contribution in [-0.4, -0.2) is 23.9 Å². The lowest BCUT2D eigenvalue weighted by atomic mass is 10.1. The molecule has 1 aromatic heterocycles. The largest absolute Gasteiger partial charge is 0.465 e. The quantitative estimate of drug-likeness (QED) is 0.320. The molecule has 4 aromatic rings. The number of carbonyl (C=O) groups excluding carboxylic acids is 1. The summed E-state index contributed by atoms with van der Waals surface area (Å²) in [4.78, 5) is 16.3. The average molecular weight is 400 g/mol. The van der Waals surface area contributed by atoms with Gasteiger partial charge in [-0.1, -0.05) is 24.3 Å². The number of rotatable bonds is 5. The molecule has 0 fully saturated rings. The number of benzene rings is 3. The van der Waals surface area contributed by atoms with Crippen LogP contribution in [0.3, 0.4) is 0 Å². The van der Waals surface area contributed by atoms with E-state index in [0.29, 0.717) is 12.1 Å². The van der Waals surface area contributed by atoms with Gasteiger partial charge in [-0.05, 0) is 66.1 Å². The van der Waals surface area contributed by atoms with E-state index in [-0.39, 0.29) is 11.8 Å². The Bertz CT molecular complexity index is 1260. The Labute approximate surface area is 174 Å². The zero-order valence-electron chi connectivity index (χ0n) is 16.8. The van der Waals surface area contributed by atoms with Gasteiger partial charge in [0.15, 0.2) is 0 Å². The highest BCUT2D eigenvalue weighted by Gasteiger charge is 2.08. The Morgan fingerprint density at radius 1 is 1.10 bits per heavy atom. The molecular weight excluding hydrogens is 379 g/mol. The molecule has 0 radical (unpaired) electrons. The summed E-state index contributed by atoms with van der Waals surface area (Å²) < 4.78 is 20.3. The Morgan fingerprint density at radius 2 is 1.97 bits per heavy atom. The van der Waals surface area contributed by atoms with Gasteiger partial charge in [-0.3, -0.25) is 4.99 Å². The first-order valence-electron chi connectivity index (χ1n) is 9.60. The van der Waals surface area contributed by atoms with Crippen molar-refractivity contribution in [3.8, 4) is 0 Å². The van der Waals surface area contributed by atoms with Crippen molar-refractivity contribution in [2.24, 2.45) is 4.99 Å². The molecule has 0 bridgehead atoms. The summed E-state index contributed by atoms with van der Waals surface area (Å²) in [5, 5.41) is 1.08. The van der Waals surface area contributed by atoms with Crippen LogP contribution in [0.15, 0.2) is 77.9 Å². The molecule has 150 valence electrons. The smallest absolute Gasteiger partial charge is 0.337 e. The van der Waals surface area contributed by atoms with E-state index in [1.54, 1.807) is 30.5 Å². The molecule has 0 amide bonds. The van der Waals surface area contributed by atoms with Gasteiger partial charge in [-0.2, -0.15) is 0 Å². The molecule has 5 heteroatoms. The van der Waals surface area contributed by atoms with E-state index in [1.165, 1.54) is 13.2 Å². The van der Waals surface area contributed by atoms with Crippen molar-refractivity contribution in [3.63, 3.8) is 0 Å². The van der Waals surface area contributed by atoms with Crippen LogP contribution < -0.4 is 0 Å². The predicted molar refractivity (Wildman–Crippen MR) is 117 cm³/mol. The van der Waals surface area contributed by atoms with E-state index >= 15 is 0 Å². The minimum Gasteiger partial charge on any atom is -0.465 e. The monoisotopic (exact) mass is 400 g/mol. The maximum atomic E-state index is 13.5. The third kappa shape index (κ3) is 4.15. The fourth-order valence-electron chi connectivity index (χ4n) is 3.41. The summed E-state index contributed by atoms with van der Waals surface area (Å²) in [5.74, 6) is -0.610. The molecule has 4 nitrogen and oxygen atoms in total. The predicted octanol–water partition coefficient (Wildman–Crippen LogP) is 5.67. The van der Waals surface area contributed by atoms with Gasteiger partial charge in [0, 0.05) is 29.9 Å². The van der Waals surface area contributed by atoms with Crippen LogP contribution in [-0.2, 0) is 11.3 Å². The molecule has 0 saturated heterocycles. The second-order valence-corrected chi connectivity index (χ2v) is 7.14. The molecule has 0 atom stereocenters. The Hall–Kier alpha value is -3.73. The minimum absolute atomic E-state index is 0.228. The van der Waals surface area contributed by atoms with Crippen LogP contribution in [0.2, 0.25) is 0 Å². The normalized spacial score (nSPS) is 11.3. The Kier molecular flexibility index (Phi) is 5.44. The van der Waals surface area contributed by atoms with Gasteiger partial charge in [0.2, 0.25) is 0 Å². The molecule has 0 unspecified atom stereocenters. The number of hydrogen-bond donors (Lipinski definition) is 0. The van der Waals surface area contributed by atoms with Crippen LogP contribution in [0.1, 0.15) is 27.0 Å². The van der Waals surface area contributed by atoms with Crippen LogP contribution in [0.4, 0.5) is 10.1 Å². The third-order valence-corrected chi connectivity index (χ3v) is 5.02. The first-order valence-corrected chi connectivity index (χ1v) is 9.60. The zero-order chi connectivity index (χ0) is 21.1. The average Bonchev–Trinajstić information content (AvgIpc) is 3.14. The summed E-state index contributed by atoms with van der Waals surface area (Å²) in [5.41, 5.74) is 5.11. The number of methoxy groups -OCH3 is 1. The second-order valence-electron chi connectivity index (χ2n) is 7.14. The van der Waals surface area contributed by atoms with Crippen molar-refractivity contribution in [2.45, 2.75) is 13.5 Å². The highest BCUT2D eigenvalue weighted by Crippen LogP contribution is 2.22. The highest BCUT2D eigenvalue weighted by molar-refractivity contribution is 5.92. The summed E-state index contributed by atoms with van der Waals surface area (Å²) in [6, 6.07) is 20.1. The van der Waals surface area contributed by atoms with Crippen molar-refractivity contribution in [3.05, 3.63) is 101 Å². The van der Waals surface area contributed by atoms with Crippen molar-refractivity contribution in [1.29, 1.82) is 0 Å². The molecular formula is C25H21FN2O2. The van der Waals surface area contributed by atoms with Crippen molar-refractivity contribution < 1.29 is 13.9 Å². The van der Waals surface area contributed by atoms with Gasteiger partial charge in [-0.15, -0.1) is 0 Å². The lowest BCUT2D eigenvalue weighted by molar-refractivity contribution is 0.0601. The van der Waals surface area contributed by atoms with Crippen LogP contribution in [0, 0.1) is 12.7 Å². The van der Waals surface area contributed by atoms with Gasteiger partial charge in [0.25, 0.3) is 0 Å². The standard InChI is InChI=1S/C25H21FN2O2/c1-17-6-8-21(25(29)30-2)14-23(17)27-15-18-7-9-24-20(12-18)10-11-28(24)16-19-4-3-5-22(26)13-19/h3-15H,16H2,1-2H3. The lowest BCUT2D eigenvalue weighted by Gasteiger charge is -2.06. The van der Waals surface area contributed by atoms with Crippen LogP contribution in [0.5, 0.6) is 0 Å². The zero-order valence-corrected chi connectivity index (χ0v) is 16.8. The number of hydrogen-bond acceptors (Lipinski definition) is 3. The van der Waals surface area contributed by atoms with Crippen molar-refractivity contribution in [2.75, 3.05) is 7.11 Å². The molecule has 3 aromatic carbocycles. The van der Waals surface area contributed by atoms with E-state index in [9.17, 15) is 9.18 Å². The number of carbonyl (C=O) groups is 1. The lowest BCUT2D eigenvalue weighted by Crippen LogP contribution is -2.00. The number of nitrogens with zero attached hydrogens (tertiary/aromatic N) is 2. The van der Waals surface area contributed by atoms with E-state index in [0.717, 1.165) is 33.3 Å². The number of ether oxygens (including phenoxy) is 1. The second kappa shape index (κ2) is 8.33. The van der Waals surface area contributed by atoms with Crippen molar-refractivity contribution in [1.82, 2.24) is 4.57 Å². The highest BCUT2D eigenvalue weighted by atomic mass is 19.1. The number of fused-ring (bicyclic) bond motifs is 1. The molecule has 1 heterocycles. The Morgan fingerprint density at radius 3 is 2.77 bits per heavy atom. The number of aliphatic imine (C=N–C) groups is 1. The van der Waals surface area contributed by atoms with Crippen LogP contribution >= 0.6 is 0 Å². The van der Waals surface area contributed by atoms with E-state index in [2.05, 4.69) is 15.6 Å². The van der Waals surface area contributed by atoms with Gasteiger partial charge in [0.1, 0.15) is 5.82 Å². The first-order chi connectivity index (χ1) is 14.5. The van der Waals surface area contributed by atoms with Crippen LogP contribution in [0.25, 0.3) is 10.9 Å². The maximum absolute atomic E-state index is 13.5. The third-order valence-electron chi connectivity index (χ3n) is 5.02. The Balaban J connectivity index is 1.58. The van der Waals surface area contributed by atoms with Crippen molar-refractivity contribution >= 4 is 28.8 Å². The maximum Gasteiger partial charge on any atom is 0.337 e. The summed E-state index contributed by atoms with van der Waals surface area (Å²) in [6.45, 7) is 2.55. The number of halogens is 1. The fourth-order valence-corrected chi connectivity index (χ4v) is 3.41. The summed E-state index contributed by atoms with van der Waals surface area (Å²) >= 11 is 0. The van der Waals surface area contributed by atoms with E-state index in [1.807, 2.05) is 43.5 Å². The minimum atomic E-state index is -0.382. The fraction of sp³-hybridized carbons (Fsp3) is 0.120. The van der Waals surface area contributed by atoms with E-state index in [4.69, 9.17) is 4.74 Å². The molecule has 0 aliphatic heterocycles. The molecule has 0 aliphatic rings. The summed E-state index contributed by atoms with van der Waals surface area (Å²) in [7, 11) is 1.36. The molecule has 0 N–H and O–H groups in total. The van der Waals surface area contributed by atoms with Gasteiger partial charge in [-0.25, -0.2) is 9.18 Å². The number of esters is 1. The molecule has 4 rings (SSSR count). The molecule has 0 saturated carbocycles. The first kappa shape index (κ1) is 19.6. The number of aromatic nitrogens is 1. The topological polar surface area (TPSA) is 43.6 Å². The molecule has 0 aliphatic carbocycles. The van der Waals surface area contributed by atoms with Gasteiger partial charge in [0.05, 0.1) is 18.4 Å². The number of aryl methyl sites for hydroxylation is 1. The molecule has 30 heavy (non-hydrogen) atoms. The van der Waals surface area contributed by atoms with E-state index < -0.39 is 0 Å². The van der Waals surface area contributed by atoms with Gasteiger partial charge < -0.3 is 9.30 Å². The summed E-state index contributed by atoms with van der Waals surface area (Å²) in [6.07, 6.45) is 3.78. The van der Waals surface area contributed by atoms with Gasteiger partial charge >= 0.3 is 5.97 Å². The molecule has 0 spiro atoms.